The summed E-state index contributed by atoms with van der Waals surface area (Å²) in [5.74, 6) is -0.00115. The highest BCUT2D eigenvalue weighted by atomic mass is 16.1. The van der Waals surface area contributed by atoms with E-state index in [9.17, 15) is 4.79 Å². The van der Waals surface area contributed by atoms with Gasteiger partial charge in [-0.2, -0.15) is 0 Å². The number of nitrogens with zero attached hydrogens (tertiary/aromatic N) is 1. The number of hydrogen-bond donors (Lipinski definition) is 0. The number of pyridine rings is 1. The fraction of sp³-hybridized carbons (Fsp3) is 0. The Bertz CT molecular complexity index is 1010. The number of hydrogen-bond acceptors (Lipinski definition) is 2. The molecule has 24 heavy (non-hydrogen) atoms. The van der Waals surface area contributed by atoms with Crippen LogP contribution in [0.3, 0.4) is 0 Å². The van der Waals surface area contributed by atoms with Gasteiger partial charge in [0.05, 0.1) is 11.3 Å². The van der Waals surface area contributed by atoms with Gasteiger partial charge in [-0.15, -0.1) is 0 Å². The lowest BCUT2D eigenvalue weighted by Gasteiger charge is -2.12. The maximum atomic E-state index is 13.2. The zero-order valence-electron chi connectivity index (χ0n) is 13.0. The monoisotopic (exact) mass is 309 g/mol. The molecule has 0 bridgehead atoms. The predicted molar refractivity (Wildman–Crippen MR) is 97.1 cm³/mol. The van der Waals surface area contributed by atoms with Gasteiger partial charge in [0.1, 0.15) is 0 Å². The van der Waals surface area contributed by atoms with Crippen LogP contribution in [0.15, 0.2) is 91.1 Å². The van der Waals surface area contributed by atoms with Crippen LogP contribution in [-0.4, -0.2) is 10.8 Å². The number of carbonyl (C=O) groups excluding carboxylic acids is 1. The van der Waals surface area contributed by atoms with Crippen LogP contribution >= 0.6 is 0 Å². The van der Waals surface area contributed by atoms with Gasteiger partial charge >= 0.3 is 0 Å². The van der Waals surface area contributed by atoms with Gasteiger partial charge in [-0.25, -0.2) is 0 Å². The highest BCUT2D eigenvalue weighted by Crippen LogP contribution is 2.30. The molecule has 0 aliphatic carbocycles. The van der Waals surface area contributed by atoms with Gasteiger partial charge in [-0.3, -0.25) is 9.78 Å². The Balaban J connectivity index is 2.02. The zero-order chi connectivity index (χ0) is 16.4. The minimum absolute atomic E-state index is 0.00115. The van der Waals surface area contributed by atoms with Gasteiger partial charge in [-0.1, -0.05) is 84.9 Å². The molecule has 2 nitrogen and oxygen atoms in total. The lowest BCUT2D eigenvalue weighted by molar-refractivity contribution is 0.104. The zero-order valence-corrected chi connectivity index (χ0v) is 13.0. The fourth-order valence-electron chi connectivity index (χ4n) is 2.94. The number of ketones is 1. The smallest absolute Gasteiger partial charge is 0.195 e. The Kier molecular flexibility index (Phi) is 3.64. The van der Waals surface area contributed by atoms with Crippen molar-refractivity contribution in [1.29, 1.82) is 0 Å². The molecule has 0 atom stereocenters. The van der Waals surface area contributed by atoms with Crippen LogP contribution in [0.2, 0.25) is 0 Å². The predicted octanol–water partition coefficient (Wildman–Crippen LogP) is 5.13. The van der Waals surface area contributed by atoms with E-state index in [2.05, 4.69) is 4.98 Å². The number of carbonyl (C=O) groups is 1. The summed E-state index contributed by atoms with van der Waals surface area (Å²) in [4.78, 5) is 17.8. The normalized spacial score (nSPS) is 10.7. The summed E-state index contributed by atoms with van der Waals surface area (Å²) in [7, 11) is 0. The second-order valence-corrected chi connectivity index (χ2v) is 5.63. The number of aromatic nitrogens is 1. The van der Waals surface area contributed by atoms with Crippen molar-refractivity contribution < 1.29 is 4.79 Å². The minimum Gasteiger partial charge on any atom is -0.289 e. The van der Waals surface area contributed by atoms with Crippen molar-refractivity contribution in [2.75, 3.05) is 0 Å². The van der Waals surface area contributed by atoms with Crippen molar-refractivity contribution in [2.45, 2.75) is 0 Å². The van der Waals surface area contributed by atoms with E-state index < -0.39 is 0 Å². The maximum absolute atomic E-state index is 13.2. The largest absolute Gasteiger partial charge is 0.289 e. The summed E-state index contributed by atoms with van der Waals surface area (Å²) in [5.41, 5.74) is 3.00. The molecule has 0 radical (unpaired) electrons. The molecule has 1 aromatic heterocycles. The van der Waals surface area contributed by atoms with Crippen molar-refractivity contribution in [1.82, 2.24) is 4.98 Å². The Morgan fingerprint density at radius 3 is 2.08 bits per heavy atom. The van der Waals surface area contributed by atoms with E-state index in [0.717, 1.165) is 22.0 Å². The molecule has 1 heterocycles. The maximum Gasteiger partial charge on any atom is 0.195 e. The second kappa shape index (κ2) is 6.09. The van der Waals surface area contributed by atoms with Crippen molar-refractivity contribution >= 4 is 16.6 Å². The average molecular weight is 309 g/mol. The molecule has 2 heteroatoms. The summed E-state index contributed by atoms with van der Waals surface area (Å²) >= 11 is 0. The highest BCUT2D eigenvalue weighted by Gasteiger charge is 2.19. The first-order chi connectivity index (χ1) is 11.8. The SMILES string of the molecule is O=C(c1ccccc1)c1c(-c2ccccc2)ncc2ccccc12. The van der Waals surface area contributed by atoms with Crippen LogP contribution < -0.4 is 0 Å². The highest BCUT2D eigenvalue weighted by molar-refractivity contribution is 6.19. The molecule has 0 aliphatic heterocycles. The van der Waals surface area contributed by atoms with Crippen LogP contribution in [-0.2, 0) is 0 Å². The quantitative estimate of drug-likeness (QED) is 0.491. The Morgan fingerprint density at radius 2 is 1.33 bits per heavy atom. The van der Waals surface area contributed by atoms with E-state index in [1.54, 1.807) is 0 Å². The van der Waals surface area contributed by atoms with Crippen LogP contribution in [0.25, 0.3) is 22.0 Å². The van der Waals surface area contributed by atoms with Crippen LogP contribution in [0.4, 0.5) is 0 Å². The first-order valence-corrected chi connectivity index (χ1v) is 7.87. The molecule has 0 saturated heterocycles. The van der Waals surface area contributed by atoms with Gasteiger partial charge in [0.2, 0.25) is 0 Å². The lowest BCUT2D eigenvalue weighted by Crippen LogP contribution is -2.06. The molecule has 0 N–H and O–H groups in total. The third-order valence-corrected chi connectivity index (χ3v) is 4.11. The van der Waals surface area contributed by atoms with Gasteiger partial charge in [0, 0.05) is 22.7 Å². The fourth-order valence-corrected chi connectivity index (χ4v) is 2.94. The third kappa shape index (κ3) is 2.48. The molecule has 0 saturated carbocycles. The second-order valence-electron chi connectivity index (χ2n) is 5.63. The van der Waals surface area contributed by atoms with Gasteiger partial charge in [-0.05, 0) is 5.39 Å². The molecule has 4 rings (SSSR count). The molecular formula is C22H15NO. The van der Waals surface area contributed by atoms with E-state index >= 15 is 0 Å². The molecule has 4 aromatic rings. The third-order valence-electron chi connectivity index (χ3n) is 4.11. The van der Waals surface area contributed by atoms with E-state index in [0.29, 0.717) is 11.1 Å². The van der Waals surface area contributed by atoms with Crippen molar-refractivity contribution in [3.8, 4) is 11.3 Å². The Morgan fingerprint density at radius 1 is 0.708 bits per heavy atom. The minimum atomic E-state index is -0.00115. The van der Waals surface area contributed by atoms with Crippen molar-refractivity contribution in [3.63, 3.8) is 0 Å². The summed E-state index contributed by atoms with van der Waals surface area (Å²) in [6, 6.07) is 27.1. The average Bonchev–Trinajstić information content (AvgIpc) is 2.68. The van der Waals surface area contributed by atoms with E-state index in [1.165, 1.54) is 0 Å². The first-order valence-electron chi connectivity index (χ1n) is 7.87. The molecule has 0 aliphatic rings. The van der Waals surface area contributed by atoms with Gasteiger partial charge in [0.25, 0.3) is 0 Å². The molecule has 3 aromatic carbocycles. The van der Waals surface area contributed by atoms with Crippen LogP contribution in [0.1, 0.15) is 15.9 Å². The van der Waals surface area contributed by atoms with Gasteiger partial charge in [0.15, 0.2) is 5.78 Å². The van der Waals surface area contributed by atoms with E-state index in [1.807, 2.05) is 91.1 Å². The van der Waals surface area contributed by atoms with Crippen molar-refractivity contribution in [2.24, 2.45) is 0 Å². The molecule has 0 unspecified atom stereocenters. The first kappa shape index (κ1) is 14.3. The number of fused-ring (bicyclic) bond motifs is 1. The van der Waals surface area contributed by atoms with Crippen LogP contribution in [0.5, 0.6) is 0 Å². The van der Waals surface area contributed by atoms with Crippen LogP contribution in [0, 0.1) is 0 Å². The van der Waals surface area contributed by atoms with E-state index in [-0.39, 0.29) is 5.78 Å². The van der Waals surface area contributed by atoms with Gasteiger partial charge < -0.3 is 0 Å². The standard InChI is InChI=1S/C22H15NO/c24-22(17-11-5-2-6-12-17)20-19-14-8-7-13-18(19)15-23-21(20)16-9-3-1-4-10-16/h1-15H. The molecule has 0 spiro atoms. The summed E-state index contributed by atoms with van der Waals surface area (Å²) in [5, 5.41) is 1.90. The molecule has 114 valence electrons. The lowest BCUT2D eigenvalue weighted by atomic mass is 9.93. The summed E-state index contributed by atoms with van der Waals surface area (Å²) in [6.07, 6.45) is 1.83. The van der Waals surface area contributed by atoms with E-state index in [4.69, 9.17) is 0 Å². The Hall–Kier alpha value is -3.26. The number of rotatable bonds is 3. The molecule has 0 fully saturated rings. The summed E-state index contributed by atoms with van der Waals surface area (Å²) < 4.78 is 0. The Labute approximate surface area is 140 Å². The number of benzene rings is 3. The molecule has 0 amide bonds. The summed E-state index contributed by atoms with van der Waals surface area (Å²) in [6.45, 7) is 0. The van der Waals surface area contributed by atoms with Crippen molar-refractivity contribution in [3.05, 3.63) is 102 Å². The molecular weight excluding hydrogens is 294 g/mol. The topological polar surface area (TPSA) is 30.0 Å².